The third-order valence-corrected chi connectivity index (χ3v) is 7.48. The summed E-state index contributed by atoms with van der Waals surface area (Å²) >= 11 is 5.94. The number of nitrogen functional groups attached to an aromatic ring is 1. The first-order chi connectivity index (χ1) is 19.7. The van der Waals surface area contributed by atoms with Crippen LogP contribution in [-0.4, -0.2) is 32.5 Å². The number of nitrogens with one attached hydrogen (secondary N) is 1. The van der Waals surface area contributed by atoms with Crippen LogP contribution in [0.2, 0.25) is 5.02 Å². The molecule has 1 unspecified atom stereocenters. The monoisotopic (exact) mass is 605 g/mol. The van der Waals surface area contributed by atoms with Crippen LogP contribution in [0.5, 0.6) is 0 Å². The lowest BCUT2D eigenvalue weighted by atomic mass is 10.1. The summed E-state index contributed by atoms with van der Waals surface area (Å²) in [4.78, 5) is 34.3. The molecule has 0 aliphatic carbocycles. The van der Waals surface area contributed by atoms with Gasteiger partial charge in [0.05, 0.1) is 19.5 Å². The van der Waals surface area contributed by atoms with Gasteiger partial charge in [0.1, 0.15) is 18.8 Å². The second-order valence-corrected chi connectivity index (χ2v) is 11.0. The van der Waals surface area contributed by atoms with E-state index in [0.717, 1.165) is 0 Å². The Morgan fingerprint density at radius 1 is 1.10 bits per heavy atom. The first kappa shape index (κ1) is 28.5. The molecule has 3 aromatic heterocycles. The molecule has 0 radical (unpaired) electrons. The molecule has 0 spiro atoms. The number of aromatic amines is 1. The standard InChI is InChI=1S/C25H22ClFN5O8P/c26-17-6-4-16(5-7-17)21-19(39-25(34)40-21)12-38-41(35,37-11-15-2-1-3-18(27)10-15)14-36-9-8-32-13-29-20-22(32)30-24(28)31-23(20)33/h1-7,10,13H,8-9,11-12,14H2,(H3,28,30,31,33). The van der Waals surface area contributed by atoms with Crippen molar-refractivity contribution in [2.45, 2.75) is 19.8 Å². The van der Waals surface area contributed by atoms with Crippen LogP contribution in [-0.2, 0) is 38.1 Å². The van der Waals surface area contributed by atoms with Crippen LogP contribution in [0.3, 0.4) is 0 Å². The van der Waals surface area contributed by atoms with Crippen LogP contribution in [0.4, 0.5) is 10.3 Å². The molecule has 2 aromatic carbocycles. The first-order valence-corrected chi connectivity index (χ1v) is 14.1. The van der Waals surface area contributed by atoms with Gasteiger partial charge in [0, 0.05) is 17.1 Å². The molecule has 5 rings (SSSR count). The van der Waals surface area contributed by atoms with E-state index in [0.29, 0.717) is 16.1 Å². The first-order valence-electron chi connectivity index (χ1n) is 12.0. The van der Waals surface area contributed by atoms with Gasteiger partial charge in [-0.15, -0.1) is 0 Å². The van der Waals surface area contributed by atoms with E-state index >= 15 is 0 Å². The highest BCUT2D eigenvalue weighted by Crippen LogP contribution is 2.50. The van der Waals surface area contributed by atoms with Gasteiger partial charge < -0.3 is 28.4 Å². The number of hydrogen-bond donors (Lipinski definition) is 2. The Kier molecular flexibility index (Phi) is 8.47. The van der Waals surface area contributed by atoms with Crippen molar-refractivity contribution in [3.8, 4) is 11.3 Å². The maximum Gasteiger partial charge on any atom is 0.519 e. The van der Waals surface area contributed by atoms with Gasteiger partial charge in [-0.25, -0.2) is 14.2 Å². The average molecular weight is 606 g/mol. The summed E-state index contributed by atoms with van der Waals surface area (Å²) in [5, 5.41) is 0.472. The normalized spacial score (nSPS) is 13.0. The minimum Gasteiger partial charge on any atom is -0.393 e. The number of anilines is 1. The number of halogens is 2. The Morgan fingerprint density at radius 2 is 1.88 bits per heavy atom. The van der Waals surface area contributed by atoms with Crippen LogP contribution >= 0.6 is 19.2 Å². The molecule has 3 N–H and O–H groups in total. The molecule has 0 fully saturated rings. The zero-order valence-corrected chi connectivity index (χ0v) is 22.8. The summed E-state index contributed by atoms with van der Waals surface area (Å²) in [7, 11) is -4.03. The van der Waals surface area contributed by atoms with Gasteiger partial charge in [-0.1, -0.05) is 23.7 Å². The summed E-state index contributed by atoms with van der Waals surface area (Å²) in [5.41, 5.74) is 6.37. The highest BCUT2D eigenvalue weighted by molar-refractivity contribution is 7.53. The van der Waals surface area contributed by atoms with E-state index in [4.69, 9.17) is 40.0 Å². The van der Waals surface area contributed by atoms with Gasteiger partial charge in [0.15, 0.2) is 22.7 Å². The van der Waals surface area contributed by atoms with Crippen molar-refractivity contribution < 1.29 is 31.6 Å². The molecule has 3 heterocycles. The zero-order chi connectivity index (χ0) is 29.0. The Balaban J connectivity index is 1.29. The summed E-state index contributed by atoms with van der Waals surface area (Å²) in [6, 6.07) is 12.0. The fraction of sp³-hybridized carbons (Fsp3) is 0.200. The van der Waals surface area contributed by atoms with E-state index in [2.05, 4.69) is 15.0 Å². The van der Waals surface area contributed by atoms with E-state index in [1.165, 1.54) is 24.5 Å². The minimum atomic E-state index is -4.03. The van der Waals surface area contributed by atoms with E-state index < -0.39 is 37.7 Å². The van der Waals surface area contributed by atoms with Gasteiger partial charge in [-0.2, -0.15) is 4.98 Å². The number of aromatic nitrogens is 4. The predicted octanol–water partition coefficient (Wildman–Crippen LogP) is 4.31. The largest absolute Gasteiger partial charge is 0.519 e. The molecule has 41 heavy (non-hydrogen) atoms. The second kappa shape index (κ2) is 12.2. The fourth-order valence-corrected chi connectivity index (χ4v) is 5.13. The van der Waals surface area contributed by atoms with Crippen LogP contribution in [0.25, 0.3) is 22.5 Å². The number of imidazole rings is 1. The molecular formula is C25H22ClFN5O8P. The molecule has 13 nitrogen and oxygen atoms in total. The van der Waals surface area contributed by atoms with Crippen LogP contribution in [0.1, 0.15) is 11.3 Å². The number of nitrogens with two attached hydrogens (primary N) is 1. The number of fused-ring (bicyclic) bond motifs is 1. The molecule has 214 valence electrons. The number of H-pyrrole nitrogens is 1. The van der Waals surface area contributed by atoms with Gasteiger partial charge >= 0.3 is 13.4 Å². The Morgan fingerprint density at radius 3 is 2.66 bits per heavy atom. The van der Waals surface area contributed by atoms with Crippen molar-refractivity contribution in [1.82, 2.24) is 19.5 Å². The average Bonchev–Trinajstić information content (AvgIpc) is 3.52. The molecule has 16 heteroatoms. The summed E-state index contributed by atoms with van der Waals surface area (Å²) in [6.07, 6.45) is 0.884. The van der Waals surface area contributed by atoms with Gasteiger partial charge in [0.25, 0.3) is 5.56 Å². The fourth-order valence-electron chi connectivity index (χ4n) is 3.77. The maximum atomic E-state index is 13.7. The lowest BCUT2D eigenvalue weighted by Gasteiger charge is -2.18. The Bertz CT molecular complexity index is 1830. The molecule has 0 bridgehead atoms. The van der Waals surface area contributed by atoms with E-state index in [-0.39, 0.29) is 48.4 Å². The van der Waals surface area contributed by atoms with E-state index in [1.807, 2.05) is 0 Å². The predicted molar refractivity (Wildman–Crippen MR) is 145 cm³/mol. The van der Waals surface area contributed by atoms with Crippen LogP contribution in [0, 0.1) is 5.82 Å². The summed E-state index contributed by atoms with van der Waals surface area (Å²) in [6.45, 7) is -0.553. The second-order valence-electron chi connectivity index (χ2n) is 8.60. The topological polar surface area (TPSA) is 178 Å². The third kappa shape index (κ3) is 6.99. The molecule has 0 saturated carbocycles. The third-order valence-electron chi connectivity index (χ3n) is 5.68. The smallest absolute Gasteiger partial charge is 0.393 e. The lowest BCUT2D eigenvalue weighted by molar-refractivity contribution is 0.114. The number of benzene rings is 2. The molecule has 1 atom stereocenters. The van der Waals surface area contributed by atoms with Crippen molar-refractivity contribution >= 4 is 36.3 Å². The SMILES string of the molecule is Nc1nc2c(ncn2CCOCP(=O)(OCc2cccc(F)c2)OCc2oc(=O)oc2-c2ccc(Cl)cc2)c(=O)[nH]1. The van der Waals surface area contributed by atoms with Crippen molar-refractivity contribution in [1.29, 1.82) is 0 Å². The highest BCUT2D eigenvalue weighted by Gasteiger charge is 2.28. The number of hydrogen-bond acceptors (Lipinski definition) is 11. The Labute approximate surface area is 235 Å². The Hall–Kier alpha value is -4.07. The molecule has 0 aliphatic rings. The molecule has 0 saturated heterocycles. The van der Waals surface area contributed by atoms with Crippen molar-refractivity contribution in [2.24, 2.45) is 0 Å². The number of nitrogens with zero attached hydrogens (tertiary/aromatic N) is 3. The molecule has 5 aromatic rings. The quantitative estimate of drug-likeness (QED) is 0.153. The number of rotatable bonds is 12. The maximum absolute atomic E-state index is 13.7. The summed E-state index contributed by atoms with van der Waals surface area (Å²) in [5.74, 6) is -1.52. The molecular weight excluding hydrogens is 584 g/mol. The summed E-state index contributed by atoms with van der Waals surface area (Å²) < 4.78 is 55.9. The van der Waals surface area contributed by atoms with Crippen molar-refractivity contribution in [3.05, 3.63) is 98.0 Å². The molecule has 0 aliphatic heterocycles. The van der Waals surface area contributed by atoms with Gasteiger partial charge in [-0.3, -0.25) is 18.9 Å². The minimum absolute atomic E-state index is 0.00661. The van der Waals surface area contributed by atoms with E-state index in [1.54, 1.807) is 34.9 Å². The van der Waals surface area contributed by atoms with Gasteiger partial charge in [-0.05, 0) is 42.0 Å². The van der Waals surface area contributed by atoms with Crippen LogP contribution in [0.15, 0.2) is 73.3 Å². The van der Waals surface area contributed by atoms with E-state index in [9.17, 15) is 18.5 Å². The van der Waals surface area contributed by atoms with Gasteiger partial charge in [0.2, 0.25) is 5.95 Å². The zero-order valence-electron chi connectivity index (χ0n) is 21.1. The molecule has 0 amide bonds. The van der Waals surface area contributed by atoms with Crippen molar-refractivity contribution in [3.63, 3.8) is 0 Å². The van der Waals surface area contributed by atoms with Crippen LogP contribution < -0.4 is 17.1 Å². The van der Waals surface area contributed by atoms with Crippen molar-refractivity contribution in [2.75, 3.05) is 18.7 Å². The lowest BCUT2D eigenvalue weighted by Crippen LogP contribution is -2.13. The highest BCUT2D eigenvalue weighted by atomic mass is 35.5. The number of ether oxygens (including phenoxy) is 1.